The van der Waals surface area contributed by atoms with Crippen LogP contribution in [0.15, 0.2) is 67.0 Å². The third kappa shape index (κ3) is 5.23. The number of urea groups is 1. The van der Waals surface area contributed by atoms with Gasteiger partial charge in [0.2, 0.25) is 0 Å². The Hall–Kier alpha value is -2.97. The Morgan fingerprint density at radius 1 is 1.15 bits per heavy atom. The second-order valence-corrected chi connectivity index (χ2v) is 9.82. The predicted molar refractivity (Wildman–Crippen MR) is 136 cm³/mol. The largest absolute Gasteiger partial charge is 0.770 e. The summed E-state index contributed by atoms with van der Waals surface area (Å²) in [6.07, 6.45) is 4.48. The zero-order chi connectivity index (χ0) is 24.7. The van der Waals surface area contributed by atoms with Crippen LogP contribution >= 0.6 is 0 Å². The first-order valence-electron chi connectivity index (χ1n) is 11.6. The molecule has 1 N–H and O–H groups in total. The monoisotopic (exact) mass is 481 g/mol. The maximum atomic E-state index is 13.3. The lowest BCUT2D eigenvalue weighted by Crippen LogP contribution is -2.57. The molecule has 182 valence electrons. The smallest absolute Gasteiger partial charge is 0.322 e. The molecular weight excluding hydrogens is 448 g/mol. The Kier molecular flexibility index (Phi) is 8.63. The van der Waals surface area contributed by atoms with Crippen molar-refractivity contribution >= 4 is 22.8 Å². The number of nitrogens with one attached hydrogen (secondary N) is 1. The molecule has 3 aromatic rings. The number of aromatic nitrogens is 2. The third-order valence-corrected chi connectivity index (χ3v) is 7.55. The van der Waals surface area contributed by atoms with Gasteiger partial charge in [0.15, 0.2) is 0 Å². The summed E-state index contributed by atoms with van der Waals surface area (Å²) < 4.78 is 27.3. The zero-order valence-corrected chi connectivity index (χ0v) is 21.0. The molecule has 0 radical (unpaired) electrons. The van der Waals surface area contributed by atoms with Crippen LogP contribution < -0.4 is 10.2 Å². The molecule has 0 bridgehead atoms. The number of carbonyl (C=O) groups is 1. The molecule has 2 aromatic carbocycles. The Bertz CT molecular complexity index is 1100. The molecular formula is C26H33N4O3S-. The van der Waals surface area contributed by atoms with Crippen LogP contribution in [-0.4, -0.2) is 36.9 Å². The fourth-order valence-electron chi connectivity index (χ4n) is 4.16. The van der Waals surface area contributed by atoms with Gasteiger partial charge in [-0.25, -0.2) is 9.78 Å². The van der Waals surface area contributed by atoms with Crippen LogP contribution in [0.4, 0.5) is 10.5 Å². The minimum Gasteiger partial charge on any atom is -0.770 e. The lowest BCUT2D eigenvalue weighted by atomic mass is 10.1. The van der Waals surface area contributed by atoms with Crippen molar-refractivity contribution in [3.8, 4) is 11.3 Å². The second-order valence-electron chi connectivity index (χ2n) is 8.52. The predicted octanol–water partition coefficient (Wildman–Crippen LogP) is 5.21. The Morgan fingerprint density at radius 3 is 2.35 bits per heavy atom. The number of unbranched alkanes of at least 4 members (excludes halogenated alkanes) is 2. The van der Waals surface area contributed by atoms with Crippen LogP contribution in [0.25, 0.3) is 11.3 Å². The lowest BCUT2D eigenvalue weighted by Gasteiger charge is -2.44. The number of carbonyl (C=O) groups excluding carboxylic acids is 1. The fraction of sp³-hybridized carbons (Fsp3) is 0.385. The standard InChI is InChI=1S/C26H34N4O3S/c1-5-6-13-18-27-25(31)30(23-16-11-8-12-17-23)21(3)26(4,34(32)33)29-19-28-24(20(29)2)22-14-9-7-10-15-22/h7-12,14-17,19,21H,5-6,13,18H2,1-4H3,(H,27,31)(H,32,33)/p-1. The van der Waals surface area contributed by atoms with Crippen molar-refractivity contribution in [1.29, 1.82) is 0 Å². The fourth-order valence-corrected chi connectivity index (χ4v) is 4.89. The molecule has 0 saturated carbocycles. The van der Waals surface area contributed by atoms with Crippen molar-refractivity contribution in [2.45, 2.75) is 57.9 Å². The van der Waals surface area contributed by atoms with E-state index in [1.807, 2.05) is 67.6 Å². The number of amides is 2. The normalized spacial score (nSPS) is 14.7. The molecule has 3 unspecified atom stereocenters. The number of benzene rings is 2. The molecule has 1 aromatic heterocycles. The van der Waals surface area contributed by atoms with Crippen LogP contribution in [0.5, 0.6) is 0 Å². The van der Waals surface area contributed by atoms with Crippen LogP contribution in [0.1, 0.15) is 45.7 Å². The molecule has 34 heavy (non-hydrogen) atoms. The first-order chi connectivity index (χ1) is 16.3. The first kappa shape index (κ1) is 25.6. The summed E-state index contributed by atoms with van der Waals surface area (Å²) >= 11 is -2.57. The summed E-state index contributed by atoms with van der Waals surface area (Å²) in [6.45, 7) is 7.87. The number of imidazole rings is 1. The van der Waals surface area contributed by atoms with Crippen molar-refractivity contribution in [1.82, 2.24) is 14.9 Å². The number of rotatable bonds is 10. The highest BCUT2D eigenvalue weighted by atomic mass is 32.2. The Balaban J connectivity index is 2.03. The van der Waals surface area contributed by atoms with Crippen molar-refractivity contribution in [3.63, 3.8) is 0 Å². The minimum absolute atomic E-state index is 0.326. The van der Waals surface area contributed by atoms with Crippen molar-refractivity contribution in [3.05, 3.63) is 72.7 Å². The van der Waals surface area contributed by atoms with E-state index >= 15 is 0 Å². The van der Waals surface area contributed by atoms with E-state index in [1.165, 1.54) is 4.90 Å². The molecule has 0 saturated heterocycles. The summed E-state index contributed by atoms with van der Waals surface area (Å²) in [5, 5.41) is 2.97. The molecule has 0 spiro atoms. The van der Waals surface area contributed by atoms with Gasteiger partial charge in [-0.1, -0.05) is 68.3 Å². The van der Waals surface area contributed by atoms with Crippen molar-refractivity contribution in [2.75, 3.05) is 11.4 Å². The van der Waals surface area contributed by atoms with E-state index < -0.39 is 22.0 Å². The number of para-hydroxylation sites is 1. The van der Waals surface area contributed by atoms with Gasteiger partial charge in [0.1, 0.15) is 4.87 Å². The van der Waals surface area contributed by atoms with Gasteiger partial charge in [-0.2, -0.15) is 0 Å². The molecule has 0 aliphatic carbocycles. The van der Waals surface area contributed by atoms with Gasteiger partial charge < -0.3 is 14.4 Å². The molecule has 0 aliphatic rings. The molecule has 8 heteroatoms. The summed E-state index contributed by atoms with van der Waals surface area (Å²) in [5.74, 6) is 0. The van der Waals surface area contributed by atoms with Crippen molar-refractivity contribution < 1.29 is 13.6 Å². The molecule has 2 amide bonds. The van der Waals surface area contributed by atoms with E-state index in [1.54, 1.807) is 24.7 Å². The highest BCUT2D eigenvalue weighted by Gasteiger charge is 2.42. The van der Waals surface area contributed by atoms with E-state index in [-0.39, 0.29) is 6.03 Å². The average molecular weight is 482 g/mol. The molecule has 3 rings (SSSR count). The van der Waals surface area contributed by atoms with Gasteiger partial charge in [0, 0.05) is 23.5 Å². The lowest BCUT2D eigenvalue weighted by molar-refractivity contribution is 0.238. The van der Waals surface area contributed by atoms with Gasteiger partial charge in [-0.05, 0) is 50.4 Å². The van der Waals surface area contributed by atoms with Gasteiger partial charge >= 0.3 is 6.03 Å². The molecule has 7 nitrogen and oxygen atoms in total. The average Bonchev–Trinajstić information content (AvgIpc) is 3.24. The molecule has 1 heterocycles. The Morgan fingerprint density at radius 2 is 1.76 bits per heavy atom. The number of hydrogen-bond donors (Lipinski definition) is 1. The van der Waals surface area contributed by atoms with Crippen LogP contribution in [0.2, 0.25) is 0 Å². The maximum absolute atomic E-state index is 13.3. The SMILES string of the molecule is CCCCCNC(=O)N(c1ccccc1)C(C)C(C)(n1cnc(-c2ccccc2)c1C)S(=O)[O-]. The van der Waals surface area contributed by atoms with Crippen molar-refractivity contribution in [2.24, 2.45) is 0 Å². The van der Waals surface area contributed by atoms with E-state index in [2.05, 4.69) is 17.2 Å². The van der Waals surface area contributed by atoms with Gasteiger partial charge in [-0.3, -0.25) is 9.11 Å². The van der Waals surface area contributed by atoms with Gasteiger partial charge in [-0.15, -0.1) is 0 Å². The Labute approximate surface area is 204 Å². The molecule has 0 aliphatic heterocycles. The van der Waals surface area contributed by atoms with E-state index in [4.69, 9.17) is 0 Å². The highest BCUT2D eigenvalue weighted by molar-refractivity contribution is 7.80. The van der Waals surface area contributed by atoms with E-state index in [0.29, 0.717) is 23.6 Å². The summed E-state index contributed by atoms with van der Waals surface area (Å²) in [7, 11) is 0. The van der Waals surface area contributed by atoms with Crippen LogP contribution in [-0.2, 0) is 16.0 Å². The number of hydrogen-bond acceptors (Lipinski definition) is 4. The van der Waals surface area contributed by atoms with Crippen LogP contribution in [0, 0.1) is 6.92 Å². The van der Waals surface area contributed by atoms with E-state index in [0.717, 1.165) is 24.8 Å². The summed E-state index contributed by atoms with van der Waals surface area (Å²) in [4.78, 5) is 17.9. The maximum Gasteiger partial charge on any atom is 0.322 e. The topological polar surface area (TPSA) is 90.3 Å². The van der Waals surface area contributed by atoms with Gasteiger partial charge in [0.05, 0.1) is 18.1 Å². The molecule has 0 fully saturated rings. The number of anilines is 1. The van der Waals surface area contributed by atoms with E-state index in [9.17, 15) is 13.6 Å². The quantitative estimate of drug-likeness (QED) is 0.318. The molecule has 3 atom stereocenters. The zero-order valence-electron chi connectivity index (χ0n) is 20.2. The van der Waals surface area contributed by atoms with Crippen LogP contribution in [0.3, 0.4) is 0 Å². The third-order valence-electron chi connectivity index (χ3n) is 6.34. The first-order valence-corrected chi connectivity index (χ1v) is 12.7. The van der Waals surface area contributed by atoms with Gasteiger partial charge in [0.25, 0.3) is 0 Å². The number of nitrogens with zero attached hydrogens (tertiary/aromatic N) is 3. The minimum atomic E-state index is -2.57. The summed E-state index contributed by atoms with van der Waals surface area (Å²) in [6, 6.07) is 17.7. The summed E-state index contributed by atoms with van der Waals surface area (Å²) in [5.41, 5.74) is 2.95. The highest BCUT2D eigenvalue weighted by Crippen LogP contribution is 2.35. The second kappa shape index (κ2) is 11.4.